The second-order valence-electron chi connectivity index (χ2n) is 4.77. The molecule has 5 nitrogen and oxygen atoms in total. The van der Waals surface area contributed by atoms with Gasteiger partial charge in [0.2, 0.25) is 5.91 Å². The molecule has 5 heteroatoms. The molecule has 1 N–H and O–H groups in total. The third-order valence-electron chi connectivity index (χ3n) is 3.45. The Balaban J connectivity index is 1.69. The van der Waals surface area contributed by atoms with Gasteiger partial charge in [-0.1, -0.05) is 0 Å². The van der Waals surface area contributed by atoms with Crippen LogP contribution in [-0.4, -0.2) is 67.7 Å². The molecule has 2 rings (SSSR count). The minimum Gasteiger partial charge on any atom is -0.372 e. The summed E-state index contributed by atoms with van der Waals surface area (Å²) in [6.07, 6.45) is 5.13. The first-order valence-corrected chi connectivity index (χ1v) is 6.66. The number of amides is 1. The van der Waals surface area contributed by atoms with Gasteiger partial charge in [-0.15, -0.1) is 0 Å². The maximum atomic E-state index is 10.8. The van der Waals surface area contributed by atoms with Crippen LogP contribution in [0.4, 0.5) is 0 Å². The fourth-order valence-corrected chi connectivity index (χ4v) is 2.39. The highest BCUT2D eigenvalue weighted by molar-refractivity contribution is 5.73. The zero-order chi connectivity index (χ0) is 12.8. The van der Waals surface area contributed by atoms with Crippen molar-refractivity contribution in [3.05, 3.63) is 11.8 Å². The number of aliphatic imine (C=N–C) groups is 1. The molecule has 2 aliphatic heterocycles. The lowest BCUT2D eigenvalue weighted by Gasteiger charge is -2.37. The molecule has 0 aromatic carbocycles. The van der Waals surface area contributed by atoms with Crippen LogP contribution in [0.25, 0.3) is 0 Å². The Morgan fingerprint density at radius 3 is 2.78 bits per heavy atom. The van der Waals surface area contributed by atoms with E-state index >= 15 is 0 Å². The molecule has 0 aromatic rings. The van der Waals surface area contributed by atoms with Gasteiger partial charge in [-0.25, -0.2) is 0 Å². The van der Waals surface area contributed by atoms with Gasteiger partial charge < -0.3 is 10.2 Å². The summed E-state index contributed by atoms with van der Waals surface area (Å²) < 4.78 is 0. The highest BCUT2D eigenvalue weighted by atomic mass is 16.1. The number of rotatable bonds is 4. The van der Waals surface area contributed by atoms with E-state index in [1.54, 1.807) is 6.92 Å². The normalized spacial score (nSPS) is 20.7. The molecule has 0 aromatic heterocycles. The van der Waals surface area contributed by atoms with Gasteiger partial charge in [-0.2, -0.15) is 0 Å². The van der Waals surface area contributed by atoms with E-state index in [1.807, 2.05) is 6.21 Å². The number of carbonyl (C=O) groups excluding carboxylic acids is 1. The fourth-order valence-electron chi connectivity index (χ4n) is 2.39. The number of nitrogens with one attached hydrogen (secondary N) is 1. The van der Waals surface area contributed by atoms with Gasteiger partial charge in [0.15, 0.2) is 0 Å². The standard InChI is InChI=1S/C13H22N4O/c1-12(18)15-6-7-16-8-10-17(11-9-16)13-2-4-14-5-3-13/h2,4H,3,5-11H2,1H3,(H,15,18). The molecule has 0 spiro atoms. The van der Waals surface area contributed by atoms with Crippen LogP contribution >= 0.6 is 0 Å². The van der Waals surface area contributed by atoms with E-state index in [9.17, 15) is 4.79 Å². The zero-order valence-electron chi connectivity index (χ0n) is 11.1. The average Bonchev–Trinajstić information content (AvgIpc) is 2.40. The molecule has 100 valence electrons. The summed E-state index contributed by atoms with van der Waals surface area (Å²) in [6.45, 7) is 8.52. The Bertz CT molecular complexity index is 343. The van der Waals surface area contributed by atoms with Crippen LogP contribution in [0.3, 0.4) is 0 Å². The molecule has 1 fully saturated rings. The van der Waals surface area contributed by atoms with Crippen LogP contribution in [0.1, 0.15) is 13.3 Å². The molecule has 0 unspecified atom stereocenters. The molecule has 1 amide bonds. The van der Waals surface area contributed by atoms with E-state index in [1.165, 1.54) is 5.70 Å². The lowest BCUT2D eigenvalue weighted by atomic mass is 10.2. The first-order chi connectivity index (χ1) is 8.75. The monoisotopic (exact) mass is 250 g/mol. The number of carbonyl (C=O) groups is 1. The Hall–Kier alpha value is -1.36. The first-order valence-electron chi connectivity index (χ1n) is 6.66. The van der Waals surface area contributed by atoms with Crippen LogP contribution in [0, 0.1) is 0 Å². The third kappa shape index (κ3) is 3.84. The summed E-state index contributed by atoms with van der Waals surface area (Å²) in [5.41, 5.74) is 1.42. The van der Waals surface area contributed by atoms with E-state index in [2.05, 4.69) is 26.2 Å². The van der Waals surface area contributed by atoms with E-state index in [4.69, 9.17) is 0 Å². The van der Waals surface area contributed by atoms with Gasteiger partial charge in [0.1, 0.15) is 0 Å². The number of hydrogen-bond donors (Lipinski definition) is 1. The van der Waals surface area contributed by atoms with Crippen molar-refractivity contribution >= 4 is 12.1 Å². The predicted octanol–water partition coefficient (Wildman–Crippen LogP) is 0.0985. The van der Waals surface area contributed by atoms with Gasteiger partial charge in [0, 0.05) is 71.1 Å². The van der Waals surface area contributed by atoms with Crippen LogP contribution < -0.4 is 5.32 Å². The summed E-state index contributed by atoms with van der Waals surface area (Å²) in [5, 5.41) is 2.84. The van der Waals surface area contributed by atoms with Crippen molar-refractivity contribution in [1.29, 1.82) is 0 Å². The number of dihydropyridines is 1. The average molecular weight is 250 g/mol. The van der Waals surface area contributed by atoms with E-state index in [-0.39, 0.29) is 5.91 Å². The van der Waals surface area contributed by atoms with E-state index in [0.29, 0.717) is 0 Å². The van der Waals surface area contributed by atoms with Gasteiger partial charge in [-0.3, -0.25) is 14.7 Å². The Kier molecular flexibility index (Phi) is 4.75. The second-order valence-corrected chi connectivity index (χ2v) is 4.77. The minimum atomic E-state index is 0.0558. The molecule has 0 atom stereocenters. The van der Waals surface area contributed by atoms with E-state index in [0.717, 1.165) is 52.2 Å². The summed E-state index contributed by atoms with van der Waals surface area (Å²) in [4.78, 5) is 19.9. The molecular weight excluding hydrogens is 228 g/mol. The van der Waals surface area contributed by atoms with Crippen LogP contribution in [0.2, 0.25) is 0 Å². The molecule has 1 saturated heterocycles. The second kappa shape index (κ2) is 6.54. The molecule has 2 heterocycles. The summed E-state index contributed by atoms with van der Waals surface area (Å²) in [5.74, 6) is 0.0558. The molecule has 2 aliphatic rings. The van der Waals surface area contributed by atoms with Crippen molar-refractivity contribution in [2.24, 2.45) is 4.99 Å². The Morgan fingerprint density at radius 1 is 1.39 bits per heavy atom. The van der Waals surface area contributed by atoms with Crippen molar-refractivity contribution in [3.8, 4) is 0 Å². The lowest BCUT2D eigenvalue weighted by Crippen LogP contribution is -2.48. The quantitative estimate of drug-likeness (QED) is 0.770. The van der Waals surface area contributed by atoms with Crippen molar-refractivity contribution in [1.82, 2.24) is 15.1 Å². The molecule has 0 bridgehead atoms. The number of piperazine rings is 1. The number of hydrogen-bond acceptors (Lipinski definition) is 4. The topological polar surface area (TPSA) is 47.9 Å². The third-order valence-corrected chi connectivity index (χ3v) is 3.45. The molecule has 0 radical (unpaired) electrons. The predicted molar refractivity (Wildman–Crippen MR) is 72.8 cm³/mol. The fraction of sp³-hybridized carbons (Fsp3) is 0.692. The molecule has 0 aliphatic carbocycles. The minimum absolute atomic E-state index is 0.0558. The van der Waals surface area contributed by atoms with Crippen molar-refractivity contribution in [3.63, 3.8) is 0 Å². The Morgan fingerprint density at radius 2 is 2.17 bits per heavy atom. The van der Waals surface area contributed by atoms with Gasteiger partial charge >= 0.3 is 0 Å². The highest BCUT2D eigenvalue weighted by Crippen LogP contribution is 2.14. The number of allylic oxidation sites excluding steroid dienone is 1. The summed E-state index contributed by atoms with van der Waals surface area (Å²) >= 11 is 0. The summed E-state index contributed by atoms with van der Waals surface area (Å²) in [7, 11) is 0. The lowest BCUT2D eigenvalue weighted by molar-refractivity contribution is -0.119. The number of nitrogens with zero attached hydrogens (tertiary/aromatic N) is 3. The SMILES string of the molecule is CC(=O)NCCN1CCN(C2=CC=NCC2)CC1. The largest absolute Gasteiger partial charge is 0.372 e. The van der Waals surface area contributed by atoms with Gasteiger partial charge in [0.05, 0.1) is 0 Å². The smallest absolute Gasteiger partial charge is 0.216 e. The zero-order valence-corrected chi connectivity index (χ0v) is 11.1. The first kappa shape index (κ1) is 13.1. The molecule has 0 saturated carbocycles. The molecular formula is C13H22N4O. The highest BCUT2D eigenvalue weighted by Gasteiger charge is 2.18. The van der Waals surface area contributed by atoms with Crippen molar-refractivity contribution < 1.29 is 4.79 Å². The van der Waals surface area contributed by atoms with Gasteiger partial charge in [-0.05, 0) is 6.08 Å². The van der Waals surface area contributed by atoms with Crippen LogP contribution in [0.5, 0.6) is 0 Å². The molecule has 18 heavy (non-hydrogen) atoms. The maximum absolute atomic E-state index is 10.8. The van der Waals surface area contributed by atoms with Crippen LogP contribution in [0.15, 0.2) is 16.8 Å². The van der Waals surface area contributed by atoms with Crippen LogP contribution in [-0.2, 0) is 4.79 Å². The van der Waals surface area contributed by atoms with Crippen molar-refractivity contribution in [2.75, 3.05) is 45.8 Å². The van der Waals surface area contributed by atoms with E-state index < -0.39 is 0 Å². The Labute approximate surface area is 109 Å². The van der Waals surface area contributed by atoms with Gasteiger partial charge in [0.25, 0.3) is 0 Å². The van der Waals surface area contributed by atoms with Crippen molar-refractivity contribution in [2.45, 2.75) is 13.3 Å². The summed E-state index contributed by atoms with van der Waals surface area (Å²) in [6, 6.07) is 0. The maximum Gasteiger partial charge on any atom is 0.216 e.